The monoisotopic (exact) mass is 288 g/mol. The predicted octanol–water partition coefficient (Wildman–Crippen LogP) is 2.67. The maximum Gasteiger partial charge on any atom is 0.416 e. The minimum absolute atomic E-state index is 0.159. The van der Waals surface area contributed by atoms with Crippen molar-refractivity contribution in [1.29, 1.82) is 0 Å². The number of carbonyl (C=O) groups is 2. The van der Waals surface area contributed by atoms with Crippen LogP contribution < -0.4 is 0 Å². The molecule has 1 aromatic rings. The molecular weight excluding hydrogens is 272 g/mol. The van der Waals surface area contributed by atoms with E-state index in [-0.39, 0.29) is 12.6 Å². The fourth-order valence-corrected chi connectivity index (χ4v) is 2.30. The Morgan fingerprint density at radius 2 is 2.24 bits per heavy atom. The van der Waals surface area contributed by atoms with Crippen molar-refractivity contribution in [2.24, 2.45) is 5.11 Å². The number of hydrogen-bond donors (Lipinski definition) is 0. The van der Waals surface area contributed by atoms with Gasteiger partial charge in [0.2, 0.25) is 5.91 Å². The number of amides is 2. The van der Waals surface area contributed by atoms with Gasteiger partial charge in [-0.1, -0.05) is 42.4 Å². The minimum atomic E-state index is -0.876. The largest absolute Gasteiger partial charge is 0.447 e. The summed E-state index contributed by atoms with van der Waals surface area (Å²) in [5, 5.41) is 3.44. The molecule has 110 valence electrons. The van der Waals surface area contributed by atoms with Gasteiger partial charge in [-0.3, -0.25) is 4.79 Å². The van der Waals surface area contributed by atoms with Gasteiger partial charge in [-0.2, -0.15) is 0 Å². The Kier molecular flexibility index (Phi) is 4.79. The van der Waals surface area contributed by atoms with Crippen molar-refractivity contribution in [3.63, 3.8) is 0 Å². The molecule has 0 N–H and O–H groups in total. The molecule has 7 nitrogen and oxygen atoms in total. The zero-order valence-corrected chi connectivity index (χ0v) is 11.7. The first kappa shape index (κ1) is 14.9. The summed E-state index contributed by atoms with van der Waals surface area (Å²) in [6.45, 7) is 1.89. The number of cyclic esters (lactones) is 1. The van der Waals surface area contributed by atoms with E-state index in [9.17, 15) is 9.59 Å². The summed E-state index contributed by atoms with van der Waals surface area (Å²) in [7, 11) is 0. The standard InChI is InChI=1S/C14H16N4O3/c1-2-12(16-17-15)13(19)18-11(9-21-14(18)20)8-10-6-4-3-5-7-10/h3-7,11-12H,2,8-9H2,1H3/t11-,12+/m1/s1. The second kappa shape index (κ2) is 6.76. The van der Waals surface area contributed by atoms with Crippen LogP contribution in [0.4, 0.5) is 4.79 Å². The molecule has 1 heterocycles. The van der Waals surface area contributed by atoms with Gasteiger partial charge in [-0.05, 0) is 23.9 Å². The third-order valence-electron chi connectivity index (χ3n) is 3.38. The molecule has 0 spiro atoms. The van der Waals surface area contributed by atoms with Crippen LogP contribution in [0, 0.1) is 0 Å². The minimum Gasteiger partial charge on any atom is -0.447 e. The molecule has 2 rings (SSSR count). The van der Waals surface area contributed by atoms with Crippen LogP contribution in [0.2, 0.25) is 0 Å². The number of azide groups is 1. The molecule has 2 atom stereocenters. The zero-order chi connectivity index (χ0) is 15.2. The lowest BCUT2D eigenvalue weighted by atomic mass is 10.1. The van der Waals surface area contributed by atoms with E-state index in [4.69, 9.17) is 10.3 Å². The summed E-state index contributed by atoms with van der Waals surface area (Å²) in [6, 6.07) is 8.31. The first-order chi connectivity index (χ1) is 10.2. The predicted molar refractivity (Wildman–Crippen MR) is 75.4 cm³/mol. The number of rotatable bonds is 5. The maximum absolute atomic E-state index is 12.3. The van der Waals surface area contributed by atoms with Crippen LogP contribution in [0.5, 0.6) is 0 Å². The molecule has 2 amide bonds. The van der Waals surface area contributed by atoms with Crippen LogP contribution in [0.3, 0.4) is 0 Å². The Morgan fingerprint density at radius 1 is 1.52 bits per heavy atom. The molecule has 0 aliphatic carbocycles. The molecule has 0 radical (unpaired) electrons. The number of benzene rings is 1. The first-order valence-electron chi connectivity index (χ1n) is 6.75. The lowest BCUT2D eigenvalue weighted by Crippen LogP contribution is -2.44. The number of nitrogens with zero attached hydrogens (tertiary/aromatic N) is 4. The highest BCUT2D eigenvalue weighted by molar-refractivity contribution is 5.96. The average Bonchev–Trinajstić information content (AvgIpc) is 2.86. The van der Waals surface area contributed by atoms with E-state index in [1.165, 1.54) is 0 Å². The molecule has 0 bridgehead atoms. The van der Waals surface area contributed by atoms with Crippen molar-refractivity contribution >= 4 is 12.0 Å². The van der Waals surface area contributed by atoms with Crippen molar-refractivity contribution in [2.45, 2.75) is 31.8 Å². The van der Waals surface area contributed by atoms with Crippen LogP contribution in [0.1, 0.15) is 18.9 Å². The second-order valence-corrected chi connectivity index (χ2v) is 4.76. The van der Waals surface area contributed by atoms with Crippen molar-refractivity contribution in [3.8, 4) is 0 Å². The molecule has 0 saturated carbocycles. The molecule has 0 aromatic heterocycles. The summed E-state index contributed by atoms with van der Waals surface area (Å²) in [5.74, 6) is -0.501. The highest BCUT2D eigenvalue weighted by atomic mass is 16.6. The maximum atomic E-state index is 12.3. The summed E-state index contributed by atoms with van der Waals surface area (Å²) in [5.41, 5.74) is 9.51. The summed E-state index contributed by atoms with van der Waals surface area (Å²) >= 11 is 0. The fraction of sp³-hybridized carbons (Fsp3) is 0.429. The smallest absolute Gasteiger partial charge is 0.416 e. The quantitative estimate of drug-likeness (QED) is 0.473. The molecule has 1 aliphatic rings. The molecule has 0 unspecified atom stereocenters. The van der Waals surface area contributed by atoms with Gasteiger partial charge in [0.05, 0.1) is 6.04 Å². The molecule has 7 heteroatoms. The average molecular weight is 288 g/mol. The lowest BCUT2D eigenvalue weighted by molar-refractivity contribution is -0.130. The summed E-state index contributed by atoms with van der Waals surface area (Å²) in [6.07, 6.45) is 0.183. The van der Waals surface area contributed by atoms with E-state index in [0.29, 0.717) is 12.8 Å². The molecule has 1 aromatic carbocycles. The van der Waals surface area contributed by atoms with Crippen LogP contribution in [-0.2, 0) is 16.0 Å². The topological polar surface area (TPSA) is 95.4 Å². The fourth-order valence-electron chi connectivity index (χ4n) is 2.30. The molecule has 1 saturated heterocycles. The van der Waals surface area contributed by atoms with Crippen molar-refractivity contribution < 1.29 is 14.3 Å². The molecule has 1 fully saturated rings. The third-order valence-corrected chi connectivity index (χ3v) is 3.38. The molecule has 21 heavy (non-hydrogen) atoms. The number of hydrogen-bond acceptors (Lipinski definition) is 4. The van der Waals surface area contributed by atoms with E-state index in [1.807, 2.05) is 30.3 Å². The van der Waals surface area contributed by atoms with Gasteiger partial charge in [0, 0.05) is 4.91 Å². The van der Waals surface area contributed by atoms with Gasteiger partial charge < -0.3 is 4.74 Å². The number of carbonyl (C=O) groups excluding carboxylic acids is 2. The van der Waals surface area contributed by atoms with Crippen LogP contribution in [0.25, 0.3) is 10.4 Å². The zero-order valence-electron chi connectivity index (χ0n) is 11.7. The van der Waals surface area contributed by atoms with Crippen molar-refractivity contribution in [2.75, 3.05) is 6.61 Å². The van der Waals surface area contributed by atoms with E-state index in [2.05, 4.69) is 10.0 Å². The van der Waals surface area contributed by atoms with Crippen LogP contribution in [0.15, 0.2) is 35.4 Å². The van der Waals surface area contributed by atoms with E-state index < -0.39 is 18.0 Å². The third kappa shape index (κ3) is 3.32. The van der Waals surface area contributed by atoms with E-state index in [0.717, 1.165) is 10.5 Å². The van der Waals surface area contributed by atoms with Crippen LogP contribution in [-0.4, -0.2) is 35.6 Å². The van der Waals surface area contributed by atoms with Gasteiger partial charge in [0.1, 0.15) is 12.6 Å². The van der Waals surface area contributed by atoms with Gasteiger partial charge in [0.25, 0.3) is 0 Å². The Morgan fingerprint density at radius 3 is 2.86 bits per heavy atom. The number of imide groups is 1. The lowest BCUT2D eigenvalue weighted by Gasteiger charge is -2.22. The highest BCUT2D eigenvalue weighted by Gasteiger charge is 2.40. The Bertz CT molecular complexity index is 569. The Labute approximate surface area is 122 Å². The van der Waals surface area contributed by atoms with E-state index >= 15 is 0 Å². The van der Waals surface area contributed by atoms with Crippen LogP contribution >= 0.6 is 0 Å². The molecule has 1 aliphatic heterocycles. The SMILES string of the molecule is CC[C@H](N=[N+]=[N-])C(=O)N1C(=O)OC[C@H]1Cc1ccccc1. The summed E-state index contributed by atoms with van der Waals surface area (Å²) in [4.78, 5) is 27.9. The second-order valence-electron chi connectivity index (χ2n) is 4.76. The van der Waals surface area contributed by atoms with Crippen molar-refractivity contribution in [3.05, 3.63) is 46.3 Å². The van der Waals surface area contributed by atoms with Gasteiger partial charge in [-0.25, -0.2) is 9.69 Å². The highest BCUT2D eigenvalue weighted by Crippen LogP contribution is 2.20. The van der Waals surface area contributed by atoms with Gasteiger partial charge >= 0.3 is 6.09 Å². The number of ether oxygens (including phenoxy) is 1. The Balaban J connectivity index is 2.16. The van der Waals surface area contributed by atoms with Gasteiger partial charge in [-0.15, -0.1) is 0 Å². The Hall–Kier alpha value is -2.53. The normalized spacial score (nSPS) is 18.8. The van der Waals surface area contributed by atoms with Gasteiger partial charge in [0.15, 0.2) is 0 Å². The summed E-state index contributed by atoms with van der Waals surface area (Å²) < 4.78 is 4.98. The first-order valence-corrected chi connectivity index (χ1v) is 6.75. The molecular formula is C14H16N4O3. The van der Waals surface area contributed by atoms with Crippen molar-refractivity contribution in [1.82, 2.24) is 4.90 Å². The van der Waals surface area contributed by atoms with E-state index in [1.54, 1.807) is 6.92 Å².